The van der Waals surface area contributed by atoms with E-state index in [2.05, 4.69) is 20.4 Å². The normalized spacial score (nSPS) is 14.6. The Morgan fingerprint density at radius 3 is 2.38 bits per heavy atom. The number of carbonyl (C=O) groups is 2. The van der Waals surface area contributed by atoms with Gasteiger partial charge in [-0.25, -0.2) is 10.4 Å². The lowest BCUT2D eigenvalue weighted by atomic mass is 10.7. The summed E-state index contributed by atoms with van der Waals surface area (Å²) in [5.41, 5.74) is 2.62. The number of amidine groups is 2. The van der Waals surface area contributed by atoms with Gasteiger partial charge in [-0.1, -0.05) is 10.2 Å². The second-order valence-corrected chi connectivity index (χ2v) is 2.83. The first-order chi connectivity index (χ1) is 7.52. The highest BCUT2D eigenvalue weighted by molar-refractivity contribution is 5.92. The average molecular weight is 228 g/mol. The van der Waals surface area contributed by atoms with Crippen molar-refractivity contribution in [3.8, 4) is 0 Å². The summed E-state index contributed by atoms with van der Waals surface area (Å²) in [4.78, 5) is 21.4. The molecule has 0 atom stereocenters. The van der Waals surface area contributed by atoms with E-state index in [0.29, 0.717) is 6.54 Å². The van der Waals surface area contributed by atoms with Gasteiger partial charge in [0.1, 0.15) is 0 Å². The summed E-state index contributed by atoms with van der Waals surface area (Å²) in [5.74, 6) is -1.03. The molecule has 0 aromatic rings. The molecule has 0 unspecified atom stereocenters. The third kappa shape index (κ3) is 3.23. The van der Waals surface area contributed by atoms with Crippen molar-refractivity contribution < 1.29 is 19.1 Å². The second-order valence-electron chi connectivity index (χ2n) is 2.83. The van der Waals surface area contributed by atoms with Crippen molar-refractivity contribution in [3.05, 3.63) is 0 Å². The molecule has 88 valence electrons. The molecule has 1 rings (SSSR count). The lowest BCUT2D eigenvalue weighted by Gasteiger charge is -2.25. The van der Waals surface area contributed by atoms with Crippen molar-refractivity contribution in [2.45, 2.75) is 20.8 Å². The summed E-state index contributed by atoms with van der Waals surface area (Å²) in [6, 6.07) is -0.0591. The van der Waals surface area contributed by atoms with E-state index in [1.165, 1.54) is 18.9 Å². The Balaban J connectivity index is 2.76. The van der Waals surface area contributed by atoms with Gasteiger partial charge < -0.3 is 9.47 Å². The minimum atomic E-state index is -0.520. The first-order valence-electron chi connectivity index (χ1n) is 4.59. The van der Waals surface area contributed by atoms with Crippen LogP contribution in [0.15, 0.2) is 10.2 Å². The van der Waals surface area contributed by atoms with Crippen LogP contribution in [0.2, 0.25) is 0 Å². The highest BCUT2D eigenvalue weighted by Crippen LogP contribution is 1.99. The van der Waals surface area contributed by atoms with E-state index in [-0.39, 0.29) is 12.0 Å². The quantitative estimate of drug-likeness (QED) is 0.613. The van der Waals surface area contributed by atoms with Crippen molar-refractivity contribution in [1.29, 1.82) is 0 Å². The summed E-state index contributed by atoms with van der Waals surface area (Å²) in [5, 5.41) is 8.52. The van der Waals surface area contributed by atoms with Crippen LogP contribution in [0.5, 0.6) is 0 Å². The first kappa shape index (κ1) is 12.0. The summed E-state index contributed by atoms with van der Waals surface area (Å²) >= 11 is 0. The van der Waals surface area contributed by atoms with E-state index in [0.717, 1.165) is 0 Å². The molecule has 1 aliphatic rings. The zero-order chi connectivity index (χ0) is 12.1. The van der Waals surface area contributed by atoms with Crippen LogP contribution in [-0.4, -0.2) is 35.5 Å². The molecule has 0 aromatic carbocycles. The molecule has 0 spiro atoms. The van der Waals surface area contributed by atoms with Gasteiger partial charge in [-0.2, -0.15) is 0 Å². The monoisotopic (exact) mass is 228 g/mol. The largest absolute Gasteiger partial charge is 0.390 e. The molecule has 0 amide bonds. The number of nitrogens with zero attached hydrogens (tertiary/aromatic N) is 3. The number of ether oxygens (including phenoxy) is 2. The Morgan fingerprint density at radius 2 is 1.88 bits per heavy atom. The minimum Gasteiger partial charge on any atom is -0.390 e. The molecule has 1 heterocycles. The average Bonchev–Trinajstić information content (AvgIpc) is 2.18. The number of hydrogen-bond acceptors (Lipinski definition) is 8. The van der Waals surface area contributed by atoms with Crippen LogP contribution in [-0.2, 0) is 19.1 Å². The predicted molar refractivity (Wildman–Crippen MR) is 53.9 cm³/mol. The molecule has 1 aliphatic heterocycles. The fraction of sp³-hybridized carbons (Fsp3) is 0.500. The van der Waals surface area contributed by atoms with Gasteiger partial charge in [0.2, 0.25) is 0 Å². The van der Waals surface area contributed by atoms with Crippen LogP contribution >= 0.6 is 0 Å². The van der Waals surface area contributed by atoms with E-state index in [4.69, 9.17) is 4.74 Å². The zero-order valence-corrected chi connectivity index (χ0v) is 9.18. The van der Waals surface area contributed by atoms with Gasteiger partial charge in [-0.05, 0) is 6.92 Å². The number of hydrogen-bond donors (Lipinski definition) is 1. The Labute approximate surface area is 91.9 Å². The third-order valence-corrected chi connectivity index (χ3v) is 1.48. The van der Waals surface area contributed by atoms with Crippen molar-refractivity contribution >= 4 is 24.0 Å². The number of rotatable bonds is 1. The fourth-order valence-electron chi connectivity index (χ4n) is 0.926. The molecule has 0 saturated carbocycles. The molecule has 0 fully saturated rings. The topological polar surface area (TPSA) is 92.6 Å². The smallest absolute Gasteiger partial charge is 0.338 e. The first-order valence-corrected chi connectivity index (χ1v) is 4.59. The van der Waals surface area contributed by atoms with Crippen LogP contribution in [0.4, 0.5) is 0 Å². The van der Waals surface area contributed by atoms with Crippen LogP contribution in [0, 0.1) is 0 Å². The van der Waals surface area contributed by atoms with E-state index in [1.54, 1.807) is 6.92 Å². The number of hydrazine groups is 1. The standard InChI is InChI=1S/C8H12N4O4/c1-4-12-8(16-6(3)14)10-9-7(11-12)15-5(2)13/h4H2,1-3H3,(H,9,11). The summed E-state index contributed by atoms with van der Waals surface area (Å²) in [7, 11) is 0. The molecule has 0 bridgehead atoms. The molecule has 16 heavy (non-hydrogen) atoms. The fourth-order valence-corrected chi connectivity index (χ4v) is 0.926. The Bertz CT molecular complexity index is 363. The zero-order valence-electron chi connectivity index (χ0n) is 9.18. The minimum absolute atomic E-state index is 0.00546. The molecule has 8 heteroatoms. The molecular weight excluding hydrogens is 216 g/mol. The maximum Gasteiger partial charge on any atom is 0.338 e. The Kier molecular flexibility index (Phi) is 3.81. The van der Waals surface area contributed by atoms with E-state index in [1.807, 2.05) is 0 Å². The van der Waals surface area contributed by atoms with Gasteiger partial charge in [-0.3, -0.25) is 9.59 Å². The number of esters is 2. The van der Waals surface area contributed by atoms with Crippen LogP contribution in [0.1, 0.15) is 20.8 Å². The van der Waals surface area contributed by atoms with Gasteiger partial charge in [0.15, 0.2) is 0 Å². The van der Waals surface area contributed by atoms with Gasteiger partial charge in [0, 0.05) is 20.4 Å². The van der Waals surface area contributed by atoms with E-state index >= 15 is 0 Å². The molecule has 1 N–H and O–H groups in total. The van der Waals surface area contributed by atoms with E-state index < -0.39 is 11.9 Å². The highest BCUT2D eigenvalue weighted by Gasteiger charge is 2.21. The third-order valence-electron chi connectivity index (χ3n) is 1.48. The molecule has 0 aliphatic carbocycles. The highest BCUT2D eigenvalue weighted by atomic mass is 16.6. The predicted octanol–water partition coefficient (Wildman–Crippen LogP) is -0.420. The van der Waals surface area contributed by atoms with Crippen molar-refractivity contribution in [2.75, 3.05) is 6.54 Å². The lowest BCUT2D eigenvalue weighted by Crippen LogP contribution is -2.50. The van der Waals surface area contributed by atoms with Crippen LogP contribution < -0.4 is 5.43 Å². The Morgan fingerprint density at radius 1 is 1.25 bits per heavy atom. The molecule has 0 radical (unpaired) electrons. The van der Waals surface area contributed by atoms with Crippen molar-refractivity contribution in [3.63, 3.8) is 0 Å². The summed E-state index contributed by atoms with van der Waals surface area (Å²) in [6.07, 6.45) is 0. The van der Waals surface area contributed by atoms with E-state index in [9.17, 15) is 9.59 Å². The molecule has 8 nitrogen and oxygen atoms in total. The maximum atomic E-state index is 10.7. The maximum absolute atomic E-state index is 10.7. The molecule has 0 saturated heterocycles. The van der Waals surface area contributed by atoms with Crippen LogP contribution in [0.25, 0.3) is 0 Å². The summed E-state index contributed by atoms with van der Waals surface area (Å²) < 4.78 is 9.46. The second kappa shape index (κ2) is 5.10. The number of nitrogens with one attached hydrogen (secondary N) is 1. The molecular formula is C8H12N4O4. The van der Waals surface area contributed by atoms with Crippen molar-refractivity contribution in [2.24, 2.45) is 10.2 Å². The van der Waals surface area contributed by atoms with Crippen LogP contribution in [0.3, 0.4) is 0 Å². The van der Waals surface area contributed by atoms with Gasteiger partial charge in [0.25, 0.3) is 0 Å². The Hall–Kier alpha value is -2.12. The van der Waals surface area contributed by atoms with Crippen molar-refractivity contribution in [1.82, 2.24) is 10.4 Å². The lowest BCUT2D eigenvalue weighted by molar-refractivity contribution is -0.135. The van der Waals surface area contributed by atoms with Gasteiger partial charge >= 0.3 is 24.0 Å². The number of carbonyl (C=O) groups excluding carboxylic acids is 2. The summed E-state index contributed by atoms with van der Waals surface area (Å²) in [6.45, 7) is 4.74. The van der Waals surface area contributed by atoms with Gasteiger partial charge in [-0.15, -0.1) is 0 Å². The van der Waals surface area contributed by atoms with Gasteiger partial charge in [0.05, 0.1) is 0 Å². The molecule has 0 aromatic heterocycles. The SMILES string of the molecule is CCN1NC(OC(C)=O)=NN=C1OC(C)=O.